The Hall–Kier alpha value is -0.870. The molecule has 0 unspecified atom stereocenters. The van der Waals surface area contributed by atoms with Crippen LogP contribution in [0.5, 0.6) is 0 Å². The van der Waals surface area contributed by atoms with Gasteiger partial charge in [-0.3, -0.25) is 4.79 Å². The molecule has 1 aromatic rings. The fourth-order valence-electron chi connectivity index (χ4n) is 2.70. The lowest BCUT2D eigenvalue weighted by Gasteiger charge is -2.34. The summed E-state index contributed by atoms with van der Waals surface area (Å²) in [5.41, 5.74) is 1.92. The standard InChI is InChI=1S/C15H21BrN2O/c1-17(2)10-12-5-7-18(8-6-12)14-4-3-13(11-19)15(16)9-14/h3-4,9,11-12H,5-8,10H2,1-2H3. The summed E-state index contributed by atoms with van der Waals surface area (Å²) in [5.74, 6) is 0.809. The SMILES string of the molecule is CN(C)CC1CCN(c2ccc(C=O)c(Br)c2)CC1. The highest BCUT2D eigenvalue weighted by Crippen LogP contribution is 2.27. The number of anilines is 1. The number of carbonyl (C=O) groups is 1. The van der Waals surface area contributed by atoms with Crippen molar-refractivity contribution in [3.63, 3.8) is 0 Å². The van der Waals surface area contributed by atoms with E-state index in [0.29, 0.717) is 5.56 Å². The van der Waals surface area contributed by atoms with Crippen LogP contribution in [0.2, 0.25) is 0 Å². The summed E-state index contributed by atoms with van der Waals surface area (Å²) in [5, 5.41) is 0. The minimum atomic E-state index is 0.714. The number of benzene rings is 1. The molecule has 0 N–H and O–H groups in total. The second-order valence-corrected chi connectivity index (χ2v) is 6.37. The molecule has 0 radical (unpaired) electrons. The molecular formula is C15H21BrN2O. The van der Waals surface area contributed by atoms with E-state index < -0.39 is 0 Å². The van der Waals surface area contributed by atoms with Gasteiger partial charge in [0.25, 0.3) is 0 Å². The van der Waals surface area contributed by atoms with Crippen LogP contribution in [-0.2, 0) is 0 Å². The second kappa shape index (κ2) is 6.53. The average Bonchev–Trinajstić information content (AvgIpc) is 2.39. The zero-order valence-corrected chi connectivity index (χ0v) is 13.2. The van der Waals surface area contributed by atoms with Crippen molar-refractivity contribution in [3.8, 4) is 0 Å². The average molecular weight is 325 g/mol. The van der Waals surface area contributed by atoms with Crippen LogP contribution in [0.1, 0.15) is 23.2 Å². The van der Waals surface area contributed by atoms with Crippen LogP contribution < -0.4 is 4.90 Å². The van der Waals surface area contributed by atoms with Gasteiger partial charge in [0, 0.05) is 35.4 Å². The van der Waals surface area contributed by atoms with Gasteiger partial charge in [0.15, 0.2) is 6.29 Å². The Balaban J connectivity index is 1.97. The van der Waals surface area contributed by atoms with Crippen LogP contribution in [0, 0.1) is 5.92 Å². The summed E-state index contributed by atoms with van der Waals surface area (Å²) in [6.45, 7) is 3.39. The van der Waals surface area contributed by atoms with E-state index in [1.807, 2.05) is 12.1 Å². The van der Waals surface area contributed by atoms with Gasteiger partial charge < -0.3 is 9.80 Å². The molecule has 0 amide bonds. The van der Waals surface area contributed by atoms with E-state index in [0.717, 1.165) is 29.8 Å². The first-order chi connectivity index (χ1) is 9.10. The molecule has 1 aliphatic rings. The molecule has 0 saturated carbocycles. The Morgan fingerprint density at radius 2 is 2.05 bits per heavy atom. The molecule has 19 heavy (non-hydrogen) atoms. The van der Waals surface area contributed by atoms with Gasteiger partial charge in [-0.25, -0.2) is 0 Å². The number of hydrogen-bond acceptors (Lipinski definition) is 3. The Bertz CT molecular complexity index is 440. The summed E-state index contributed by atoms with van der Waals surface area (Å²) in [7, 11) is 4.28. The molecule has 1 aromatic carbocycles. The molecule has 0 bridgehead atoms. The molecule has 0 aromatic heterocycles. The highest BCUT2D eigenvalue weighted by Gasteiger charge is 2.20. The third-order valence-electron chi connectivity index (χ3n) is 3.71. The number of halogens is 1. The predicted molar refractivity (Wildman–Crippen MR) is 83.0 cm³/mol. The summed E-state index contributed by atoms with van der Waals surface area (Å²) < 4.78 is 0.885. The molecule has 3 nitrogen and oxygen atoms in total. The summed E-state index contributed by atoms with van der Waals surface area (Å²) in [6.07, 6.45) is 3.37. The lowest BCUT2D eigenvalue weighted by molar-refractivity contribution is 0.112. The van der Waals surface area contributed by atoms with E-state index in [4.69, 9.17) is 0 Å². The first-order valence-electron chi connectivity index (χ1n) is 6.74. The van der Waals surface area contributed by atoms with Crippen molar-refractivity contribution in [1.82, 2.24) is 4.90 Å². The van der Waals surface area contributed by atoms with Gasteiger partial charge in [0.1, 0.15) is 0 Å². The summed E-state index contributed by atoms with van der Waals surface area (Å²) in [6, 6.07) is 5.98. The van der Waals surface area contributed by atoms with E-state index in [1.54, 1.807) is 0 Å². The van der Waals surface area contributed by atoms with E-state index >= 15 is 0 Å². The number of hydrogen-bond donors (Lipinski definition) is 0. The molecule has 1 aliphatic heterocycles. The van der Waals surface area contributed by atoms with E-state index in [-0.39, 0.29) is 0 Å². The molecular weight excluding hydrogens is 304 g/mol. The Morgan fingerprint density at radius 3 is 2.58 bits per heavy atom. The number of rotatable bonds is 4. The third kappa shape index (κ3) is 3.80. The van der Waals surface area contributed by atoms with Crippen molar-refractivity contribution >= 4 is 27.9 Å². The lowest BCUT2D eigenvalue weighted by atomic mass is 9.96. The normalized spacial score (nSPS) is 16.9. The second-order valence-electron chi connectivity index (χ2n) is 5.52. The molecule has 0 aliphatic carbocycles. The molecule has 0 spiro atoms. The zero-order chi connectivity index (χ0) is 13.8. The van der Waals surface area contributed by atoms with Crippen LogP contribution >= 0.6 is 15.9 Å². The number of piperidine rings is 1. The minimum absolute atomic E-state index is 0.714. The van der Waals surface area contributed by atoms with Crippen LogP contribution in [0.3, 0.4) is 0 Å². The van der Waals surface area contributed by atoms with Gasteiger partial charge >= 0.3 is 0 Å². The largest absolute Gasteiger partial charge is 0.371 e. The van der Waals surface area contributed by atoms with E-state index in [1.165, 1.54) is 25.1 Å². The van der Waals surface area contributed by atoms with Crippen molar-refractivity contribution < 1.29 is 4.79 Å². The summed E-state index contributed by atoms with van der Waals surface area (Å²) in [4.78, 5) is 15.5. The summed E-state index contributed by atoms with van der Waals surface area (Å²) >= 11 is 3.45. The van der Waals surface area contributed by atoms with Crippen molar-refractivity contribution in [2.45, 2.75) is 12.8 Å². The van der Waals surface area contributed by atoms with Crippen molar-refractivity contribution in [3.05, 3.63) is 28.2 Å². The molecule has 1 fully saturated rings. The smallest absolute Gasteiger partial charge is 0.151 e. The van der Waals surface area contributed by atoms with Gasteiger partial charge in [-0.05, 0) is 67.0 Å². The Labute approximate surface area is 123 Å². The number of nitrogens with zero attached hydrogens (tertiary/aromatic N) is 2. The van der Waals surface area contributed by atoms with Gasteiger partial charge in [-0.1, -0.05) is 0 Å². The first-order valence-corrected chi connectivity index (χ1v) is 7.54. The highest BCUT2D eigenvalue weighted by atomic mass is 79.9. The zero-order valence-electron chi connectivity index (χ0n) is 11.6. The fraction of sp³-hybridized carbons (Fsp3) is 0.533. The maximum absolute atomic E-state index is 10.8. The van der Waals surface area contributed by atoms with Crippen molar-refractivity contribution in [2.75, 3.05) is 38.6 Å². The first kappa shape index (κ1) is 14.5. The van der Waals surface area contributed by atoms with E-state index in [2.05, 4.69) is 45.9 Å². The van der Waals surface area contributed by atoms with Crippen molar-refractivity contribution in [2.24, 2.45) is 5.92 Å². The molecule has 0 atom stereocenters. The molecule has 4 heteroatoms. The fourth-order valence-corrected chi connectivity index (χ4v) is 3.16. The van der Waals surface area contributed by atoms with Crippen molar-refractivity contribution in [1.29, 1.82) is 0 Å². The third-order valence-corrected chi connectivity index (χ3v) is 4.40. The van der Waals surface area contributed by atoms with Crippen LogP contribution in [0.15, 0.2) is 22.7 Å². The number of aldehydes is 1. The van der Waals surface area contributed by atoms with Gasteiger partial charge in [0.05, 0.1) is 0 Å². The lowest BCUT2D eigenvalue weighted by Crippen LogP contribution is -2.37. The Kier molecular flexibility index (Phi) is 4.99. The predicted octanol–water partition coefficient (Wildman–Crippen LogP) is 3.04. The van der Waals surface area contributed by atoms with Gasteiger partial charge in [0.2, 0.25) is 0 Å². The topological polar surface area (TPSA) is 23.6 Å². The molecule has 104 valence electrons. The van der Waals surface area contributed by atoms with E-state index in [9.17, 15) is 4.79 Å². The molecule has 2 rings (SSSR count). The van der Waals surface area contributed by atoms with Gasteiger partial charge in [-0.2, -0.15) is 0 Å². The maximum Gasteiger partial charge on any atom is 0.151 e. The van der Waals surface area contributed by atoms with Crippen LogP contribution in [0.4, 0.5) is 5.69 Å². The van der Waals surface area contributed by atoms with Gasteiger partial charge in [-0.15, -0.1) is 0 Å². The molecule has 1 heterocycles. The Morgan fingerprint density at radius 1 is 1.37 bits per heavy atom. The highest BCUT2D eigenvalue weighted by molar-refractivity contribution is 9.10. The minimum Gasteiger partial charge on any atom is -0.371 e. The maximum atomic E-state index is 10.8. The monoisotopic (exact) mass is 324 g/mol. The van der Waals surface area contributed by atoms with Crippen LogP contribution in [0.25, 0.3) is 0 Å². The van der Waals surface area contributed by atoms with Crippen LogP contribution in [-0.4, -0.2) is 44.9 Å². The molecule has 1 saturated heterocycles. The quantitative estimate of drug-likeness (QED) is 0.795. The number of carbonyl (C=O) groups excluding carboxylic acids is 1.